The standard InChI is InChI=1S/C14H18N2O3/c1-4-15-14-12(7-8-13(18)16-14)11(3)19-9-5-6-10(2)17/h4-6,9,17H,3,7-8H2,1-2H3,(H,16,18)/b9-5+,10-6+,15-4?. The zero-order valence-electron chi connectivity index (χ0n) is 11.1. The molecule has 5 heteroatoms. The lowest BCUT2D eigenvalue weighted by Crippen LogP contribution is -2.27. The Morgan fingerprint density at radius 2 is 2.26 bits per heavy atom. The Bertz CT molecular complexity index is 481. The summed E-state index contributed by atoms with van der Waals surface area (Å²) in [5.74, 6) is 1.03. The molecule has 2 N–H and O–H groups in total. The van der Waals surface area contributed by atoms with Crippen LogP contribution >= 0.6 is 0 Å². The van der Waals surface area contributed by atoms with E-state index in [0.29, 0.717) is 24.4 Å². The van der Waals surface area contributed by atoms with Crippen LogP contribution in [0.1, 0.15) is 26.7 Å². The van der Waals surface area contributed by atoms with Crippen molar-refractivity contribution in [2.75, 3.05) is 0 Å². The highest BCUT2D eigenvalue weighted by molar-refractivity contribution is 5.80. The number of hydrogen-bond donors (Lipinski definition) is 2. The van der Waals surface area contributed by atoms with Gasteiger partial charge in [-0.15, -0.1) is 0 Å². The van der Waals surface area contributed by atoms with E-state index in [1.807, 2.05) is 0 Å². The highest BCUT2D eigenvalue weighted by Crippen LogP contribution is 2.23. The molecule has 0 saturated carbocycles. The Labute approximate surface area is 112 Å². The second kappa shape index (κ2) is 7.20. The van der Waals surface area contributed by atoms with Gasteiger partial charge < -0.3 is 15.2 Å². The summed E-state index contributed by atoms with van der Waals surface area (Å²) >= 11 is 0. The molecule has 0 spiro atoms. The molecule has 0 atom stereocenters. The number of nitrogens with zero attached hydrogens (tertiary/aromatic N) is 1. The second-order valence-corrected chi connectivity index (χ2v) is 3.94. The van der Waals surface area contributed by atoms with Crippen molar-refractivity contribution in [1.82, 2.24) is 5.32 Å². The largest absolute Gasteiger partial charge is 0.513 e. The molecule has 19 heavy (non-hydrogen) atoms. The van der Waals surface area contributed by atoms with E-state index in [9.17, 15) is 4.79 Å². The summed E-state index contributed by atoms with van der Waals surface area (Å²) in [4.78, 5) is 15.4. The molecule has 1 aliphatic heterocycles. The van der Waals surface area contributed by atoms with Crippen LogP contribution in [-0.2, 0) is 9.53 Å². The van der Waals surface area contributed by atoms with Gasteiger partial charge in [0.15, 0.2) is 0 Å². The van der Waals surface area contributed by atoms with Gasteiger partial charge in [-0.05, 0) is 32.4 Å². The predicted octanol–water partition coefficient (Wildman–Crippen LogP) is 2.70. The van der Waals surface area contributed by atoms with Crippen molar-refractivity contribution >= 4 is 12.1 Å². The molecule has 1 amide bonds. The molecule has 1 aliphatic rings. The molecule has 0 radical (unpaired) electrons. The van der Waals surface area contributed by atoms with Crippen LogP contribution in [0.5, 0.6) is 0 Å². The number of allylic oxidation sites excluding steroid dienone is 4. The molecule has 0 aliphatic carbocycles. The van der Waals surface area contributed by atoms with Crippen LogP contribution in [0.25, 0.3) is 0 Å². The van der Waals surface area contributed by atoms with Gasteiger partial charge in [0, 0.05) is 18.2 Å². The number of carbonyl (C=O) groups is 1. The van der Waals surface area contributed by atoms with E-state index in [-0.39, 0.29) is 11.7 Å². The molecule has 1 heterocycles. The van der Waals surface area contributed by atoms with Gasteiger partial charge in [0.2, 0.25) is 5.91 Å². The van der Waals surface area contributed by atoms with Crippen LogP contribution in [0.4, 0.5) is 0 Å². The molecule has 1 rings (SSSR count). The number of rotatable bonds is 5. The maximum Gasteiger partial charge on any atom is 0.225 e. The van der Waals surface area contributed by atoms with Crippen molar-refractivity contribution < 1.29 is 14.6 Å². The topological polar surface area (TPSA) is 70.9 Å². The molecular weight excluding hydrogens is 244 g/mol. The number of hydrogen-bond acceptors (Lipinski definition) is 4. The maximum absolute atomic E-state index is 11.3. The summed E-state index contributed by atoms with van der Waals surface area (Å²) in [6.07, 6.45) is 7.00. The van der Waals surface area contributed by atoms with Gasteiger partial charge in [-0.2, -0.15) is 0 Å². The summed E-state index contributed by atoms with van der Waals surface area (Å²) in [6, 6.07) is 0. The number of ether oxygens (including phenoxy) is 1. The fourth-order valence-electron chi connectivity index (χ4n) is 1.51. The van der Waals surface area contributed by atoms with Gasteiger partial charge in [0.25, 0.3) is 0 Å². The van der Waals surface area contributed by atoms with Crippen molar-refractivity contribution in [2.24, 2.45) is 4.99 Å². The Hall–Kier alpha value is -2.30. The highest BCUT2D eigenvalue weighted by Gasteiger charge is 2.19. The third-order valence-corrected chi connectivity index (χ3v) is 2.37. The first-order chi connectivity index (χ1) is 9.04. The summed E-state index contributed by atoms with van der Waals surface area (Å²) in [5.41, 5.74) is 0.770. The minimum atomic E-state index is -0.0634. The molecule has 0 fully saturated rings. The molecule has 0 bridgehead atoms. The van der Waals surface area contributed by atoms with E-state index in [1.54, 1.807) is 26.1 Å². The van der Waals surface area contributed by atoms with Crippen LogP contribution in [0.2, 0.25) is 0 Å². The number of aliphatic hydroxyl groups excluding tert-OH is 1. The van der Waals surface area contributed by atoms with Crippen molar-refractivity contribution in [1.29, 1.82) is 0 Å². The van der Waals surface area contributed by atoms with Crippen molar-refractivity contribution in [3.05, 3.63) is 47.9 Å². The van der Waals surface area contributed by atoms with Crippen molar-refractivity contribution in [3.8, 4) is 0 Å². The van der Waals surface area contributed by atoms with E-state index in [2.05, 4.69) is 16.9 Å². The molecular formula is C14H18N2O3. The first-order valence-electron chi connectivity index (χ1n) is 5.94. The summed E-state index contributed by atoms with van der Waals surface area (Å²) in [5, 5.41) is 11.6. The minimum Gasteiger partial charge on any atom is -0.513 e. The van der Waals surface area contributed by atoms with E-state index >= 15 is 0 Å². The monoisotopic (exact) mass is 262 g/mol. The number of amides is 1. The van der Waals surface area contributed by atoms with E-state index in [0.717, 1.165) is 5.57 Å². The molecule has 0 saturated heterocycles. The quantitative estimate of drug-likeness (QED) is 0.454. The molecule has 102 valence electrons. The van der Waals surface area contributed by atoms with Crippen LogP contribution in [0, 0.1) is 0 Å². The predicted molar refractivity (Wildman–Crippen MR) is 74.3 cm³/mol. The molecule has 0 aromatic heterocycles. The first kappa shape index (κ1) is 14.8. The molecule has 0 unspecified atom stereocenters. The van der Waals surface area contributed by atoms with E-state index < -0.39 is 0 Å². The summed E-state index contributed by atoms with van der Waals surface area (Å²) < 4.78 is 5.33. The third kappa shape index (κ3) is 4.83. The van der Waals surface area contributed by atoms with Crippen LogP contribution in [0.15, 0.2) is 52.9 Å². The van der Waals surface area contributed by atoms with Gasteiger partial charge in [0.1, 0.15) is 11.6 Å². The minimum absolute atomic E-state index is 0.0634. The Morgan fingerprint density at radius 3 is 2.89 bits per heavy atom. The number of aliphatic imine (C=N–C) groups is 1. The lowest BCUT2D eigenvalue weighted by molar-refractivity contribution is -0.120. The van der Waals surface area contributed by atoms with Gasteiger partial charge in [-0.3, -0.25) is 4.79 Å². The molecule has 5 nitrogen and oxygen atoms in total. The Kier molecular flexibility index (Phi) is 5.60. The molecule has 0 aromatic carbocycles. The first-order valence-corrected chi connectivity index (χ1v) is 5.94. The lowest BCUT2D eigenvalue weighted by atomic mass is 10.1. The smallest absolute Gasteiger partial charge is 0.225 e. The van der Waals surface area contributed by atoms with E-state index in [1.165, 1.54) is 12.3 Å². The van der Waals surface area contributed by atoms with E-state index in [4.69, 9.17) is 9.84 Å². The van der Waals surface area contributed by atoms with Crippen LogP contribution in [-0.4, -0.2) is 17.2 Å². The second-order valence-electron chi connectivity index (χ2n) is 3.94. The normalized spacial score (nSPS) is 17.2. The van der Waals surface area contributed by atoms with Crippen molar-refractivity contribution in [2.45, 2.75) is 26.7 Å². The van der Waals surface area contributed by atoms with Crippen LogP contribution < -0.4 is 5.32 Å². The average Bonchev–Trinajstić information content (AvgIpc) is 2.35. The number of nitrogens with one attached hydrogen (secondary N) is 1. The van der Waals surface area contributed by atoms with Gasteiger partial charge in [0.05, 0.1) is 12.0 Å². The highest BCUT2D eigenvalue weighted by atomic mass is 16.5. The maximum atomic E-state index is 11.3. The van der Waals surface area contributed by atoms with Gasteiger partial charge >= 0.3 is 0 Å². The lowest BCUT2D eigenvalue weighted by Gasteiger charge is -2.18. The zero-order valence-corrected chi connectivity index (χ0v) is 11.1. The van der Waals surface area contributed by atoms with Crippen LogP contribution in [0.3, 0.4) is 0 Å². The average molecular weight is 262 g/mol. The summed E-state index contributed by atoms with van der Waals surface area (Å²) in [6.45, 7) is 7.14. The Balaban J connectivity index is 2.78. The van der Waals surface area contributed by atoms with Gasteiger partial charge in [-0.25, -0.2) is 4.99 Å². The SMILES string of the molecule is C=C(O/C=C/C=C(\C)O)C1=C(N=CC)NC(=O)CC1. The Morgan fingerprint density at radius 1 is 1.53 bits per heavy atom. The zero-order chi connectivity index (χ0) is 14.3. The number of aliphatic hydroxyl groups is 1. The fraction of sp³-hybridized carbons (Fsp3) is 0.286. The number of carbonyl (C=O) groups excluding carboxylic acids is 1. The fourth-order valence-corrected chi connectivity index (χ4v) is 1.51. The van der Waals surface area contributed by atoms with Gasteiger partial charge in [-0.1, -0.05) is 6.58 Å². The summed E-state index contributed by atoms with van der Waals surface area (Å²) in [7, 11) is 0. The third-order valence-electron chi connectivity index (χ3n) is 2.37. The molecule has 0 aromatic rings. The van der Waals surface area contributed by atoms with Crippen molar-refractivity contribution in [3.63, 3.8) is 0 Å².